The largest absolute Gasteiger partial charge is 0.496 e. The van der Waals surface area contributed by atoms with Crippen molar-refractivity contribution in [3.63, 3.8) is 0 Å². The molecule has 2 atom stereocenters. The van der Waals surface area contributed by atoms with Gasteiger partial charge in [0, 0.05) is 17.4 Å². The van der Waals surface area contributed by atoms with Gasteiger partial charge >= 0.3 is 5.97 Å². The number of imide groups is 1. The van der Waals surface area contributed by atoms with E-state index in [1.54, 1.807) is 48.5 Å². The van der Waals surface area contributed by atoms with E-state index in [1.807, 2.05) is 0 Å². The first-order valence-corrected chi connectivity index (χ1v) is 10.5. The monoisotopic (exact) mass is 479 g/mol. The van der Waals surface area contributed by atoms with E-state index in [1.165, 1.54) is 25.3 Å². The van der Waals surface area contributed by atoms with Crippen molar-refractivity contribution in [2.24, 2.45) is 0 Å². The predicted octanol–water partition coefficient (Wildman–Crippen LogP) is 1.93. The summed E-state index contributed by atoms with van der Waals surface area (Å²) in [6.45, 7) is -0.545. The average molecular weight is 479 g/mol. The van der Waals surface area contributed by atoms with Crippen molar-refractivity contribution in [2.45, 2.75) is 12.1 Å². The van der Waals surface area contributed by atoms with Crippen LogP contribution >= 0.6 is 0 Å². The second-order valence-corrected chi connectivity index (χ2v) is 7.65. The minimum Gasteiger partial charge on any atom is -0.496 e. The Hall–Kier alpha value is -4.41. The maximum absolute atomic E-state index is 12.5. The standard InChI is InChI=1S/C17H16N2O4.C8H9NO3/c18-11-7-5-10(6-8-11)15(21)14(9-20)19-16(22)12-3-1-2-4-13(12)17(19)23;1-12-7-4-5(9)2-3-6(7)8(10)11/h1-8,14-15,20-21H,9,18H2;2-4H,9H2,1H3,(H,10,11). The van der Waals surface area contributed by atoms with Crippen LogP contribution in [0.2, 0.25) is 0 Å². The van der Waals surface area contributed by atoms with Gasteiger partial charge in [-0.3, -0.25) is 14.5 Å². The molecule has 1 heterocycles. The zero-order valence-corrected chi connectivity index (χ0v) is 18.8. The molecule has 35 heavy (non-hydrogen) atoms. The molecule has 0 aromatic heterocycles. The number of hydrogen-bond donors (Lipinski definition) is 5. The van der Waals surface area contributed by atoms with Crippen molar-refractivity contribution in [3.8, 4) is 5.75 Å². The number of benzene rings is 3. The number of carboxylic acid groups (broad SMARTS) is 1. The number of carbonyl (C=O) groups excluding carboxylic acids is 2. The van der Waals surface area contributed by atoms with Gasteiger partial charge in [-0.1, -0.05) is 24.3 Å². The molecule has 3 aromatic rings. The third-order valence-corrected chi connectivity index (χ3v) is 5.44. The number of hydrogen-bond acceptors (Lipinski definition) is 8. The minimum atomic E-state index is -1.21. The number of aliphatic hydroxyl groups is 2. The molecular formula is C25H25N3O7. The van der Waals surface area contributed by atoms with E-state index in [9.17, 15) is 24.6 Å². The summed E-state index contributed by atoms with van der Waals surface area (Å²) in [6.07, 6.45) is -1.21. The molecule has 2 unspecified atom stereocenters. The fraction of sp³-hybridized carbons (Fsp3) is 0.160. The van der Waals surface area contributed by atoms with E-state index in [4.69, 9.17) is 21.3 Å². The number of nitrogen functional groups attached to an aromatic ring is 2. The molecule has 0 aliphatic carbocycles. The van der Waals surface area contributed by atoms with Gasteiger partial charge in [0.2, 0.25) is 0 Å². The van der Waals surface area contributed by atoms with Crippen LogP contribution in [0, 0.1) is 0 Å². The zero-order valence-electron chi connectivity index (χ0n) is 18.8. The van der Waals surface area contributed by atoms with E-state index in [0.29, 0.717) is 16.9 Å². The van der Waals surface area contributed by atoms with Crippen LogP contribution < -0.4 is 16.2 Å². The lowest BCUT2D eigenvalue weighted by molar-refractivity contribution is 0.0172. The van der Waals surface area contributed by atoms with Crippen molar-refractivity contribution in [1.82, 2.24) is 4.90 Å². The van der Waals surface area contributed by atoms with Crippen LogP contribution in [-0.2, 0) is 0 Å². The molecule has 0 fully saturated rings. The van der Waals surface area contributed by atoms with Crippen molar-refractivity contribution in [3.05, 3.63) is 89.0 Å². The van der Waals surface area contributed by atoms with Crippen molar-refractivity contribution in [2.75, 3.05) is 25.2 Å². The molecule has 0 saturated heterocycles. The van der Waals surface area contributed by atoms with Crippen LogP contribution in [0.5, 0.6) is 5.75 Å². The van der Waals surface area contributed by atoms with Gasteiger partial charge in [0.05, 0.1) is 30.9 Å². The summed E-state index contributed by atoms with van der Waals surface area (Å²) < 4.78 is 4.83. The summed E-state index contributed by atoms with van der Waals surface area (Å²) in [6, 6.07) is 16.2. The molecule has 1 aliphatic rings. The third kappa shape index (κ3) is 5.24. The molecule has 182 valence electrons. The van der Waals surface area contributed by atoms with Gasteiger partial charge in [-0.25, -0.2) is 4.79 Å². The molecule has 10 heteroatoms. The quantitative estimate of drug-likeness (QED) is 0.261. The zero-order chi connectivity index (χ0) is 25.7. The summed E-state index contributed by atoms with van der Waals surface area (Å²) in [7, 11) is 1.40. The number of carboxylic acids is 1. The van der Waals surface area contributed by atoms with Crippen molar-refractivity contribution in [1.29, 1.82) is 0 Å². The predicted molar refractivity (Wildman–Crippen MR) is 128 cm³/mol. The minimum absolute atomic E-state index is 0.117. The molecule has 3 aromatic carbocycles. The maximum atomic E-state index is 12.5. The number of aliphatic hydroxyl groups excluding tert-OH is 2. The number of nitrogens with two attached hydrogens (primary N) is 2. The Labute approximate surface area is 201 Å². The highest BCUT2D eigenvalue weighted by Crippen LogP contribution is 2.30. The Morgan fingerprint density at radius 3 is 1.97 bits per heavy atom. The molecule has 10 nitrogen and oxygen atoms in total. The number of aromatic carboxylic acids is 1. The summed E-state index contributed by atoms with van der Waals surface area (Å²) >= 11 is 0. The van der Waals surface area contributed by atoms with Crippen molar-refractivity contribution < 1.29 is 34.4 Å². The summed E-state index contributed by atoms with van der Waals surface area (Å²) in [5.74, 6) is -1.77. The Kier molecular flexibility index (Phi) is 7.69. The van der Waals surface area contributed by atoms with E-state index < -0.39 is 36.5 Å². The molecule has 2 amide bonds. The van der Waals surface area contributed by atoms with E-state index >= 15 is 0 Å². The molecule has 7 N–H and O–H groups in total. The number of fused-ring (bicyclic) bond motifs is 1. The summed E-state index contributed by atoms with van der Waals surface area (Å²) in [5, 5.41) is 28.8. The lowest BCUT2D eigenvalue weighted by atomic mass is 10.0. The fourth-order valence-corrected chi connectivity index (χ4v) is 3.63. The smallest absolute Gasteiger partial charge is 0.339 e. The summed E-state index contributed by atoms with van der Waals surface area (Å²) in [5.41, 5.74) is 13.2. The number of ether oxygens (including phenoxy) is 1. The maximum Gasteiger partial charge on any atom is 0.339 e. The van der Waals surface area contributed by atoms with Crippen LogP contribution in [-0.4, -0.2) is 57.8 Å². The molecule has 0 spiro atoms. The Morgan fingerprint density at radius 2 is 1.49 bits per heavy atom. The average Bonchev–Trinajstić information content (AvgIpc) is 3.10. The van der Waals surface area contributed by atoms with Gasteiger partial charge in [0.15, 0.2) is 0 Å². The van der Waals surface area contributed by atoms with Crippen LogP contribution in [0.15, 0.2) is 66.7 Å². The normalized spacial score (nSPS) is 14.0. The first-order valence-electron chi connectivity index (χ1n) is 10.5. The molecule has 0 radical (unpaired) electrons. The van der Waals surface area contributed by atoms with Gasteiger partial charge < -0.3 is 31.5 Å². The van der Waals surface area contributed by atoms with Crippen LogP contribution in [0.25, 0.3) is 0 Å². The topological polar surface area (TPSA) is 176 Å². The van der Waals surface area contributed by atoms with Crippen LogP contribution in [0.4, 0.5) is 11.4 Å². The Bertz CT molecular complexity index is 1210. The Morgan fingerprint density at radius 1 is 0.943 bits per heavy atom. The van der Waals surface area contributed by atoms with E-state index in [-0.39, 0.29) is 22.4 Å². The number of rotatable bonds is 6. The second kappa shape index (κ2) is 10.7. The number of methoxy groups -OCH3 is 1. The van der Waals surface area contributed by atoms with E-state index in [2.05, 4.69) is 0 Å². The Balaban J connectivity index is 0.000000241. The highest BCUT2D eigenvalue weighted by molar-refractivity contribution is 6.21. The molecular weight excluding hydrogens is 454 g/mol. The highest BCUT2D eigenvalue weighted by Gasteiger charge is 2.42. The second-order valence-electron chi connectivity index (χ2n) is 7.65. The SMILES string of the molecule is COc1cc(N)ccc1C(=O)O.Nc1ccc(C(O)C(CO)N2C(=O)c3ccccc3C2=O)cc1. The van der Waals surface area contributed by atoms with Gasteiger partial charge in [0.1, 0.15) is 17.4 Å². The van der Waals surface area contributed by atoms with Gasteiger partial charge in [-0.2, -0.15) is 0 Å². The van der Waals surface area contributed by atoms with Crippen LogP contribution in [0.1, 0.15) is 42.7 Å². The molecule has 1 aliphatic heterocycles. The highest BCUT2D eigenvalue weighted by atomic mass is 16.5. The fourth-order valence-electron chi connectivity index (χ4n) is 3.63. The number of nitrogens with zero attached hydrogens (tertiary/aromatic N) is 1. The lowest BCUT2D eigenvalue weighted by Crippen LogP contribution is -2.45. The first kappa shape index (κ1) is 25.2. The number of carbonyl (C=O) groups is 3. The van der Waals surface area contributed by atoms with Gasteiger partial charge in [-0.05, 0) is 42.0 Å². The van der Waals surface area contributed by atoms with Crippen LogP contribution in [0.3, 0.4) is 0 Å². The molecule has 4 rings (SSSR count). The van der Waals surface area contributed by atoms with Gasteiger partial charge in [0.25, 0.3) is 11.8 Å². The first-order chi connectivity index (χ1) is 16.7. The number of amides is 2. The molecule has 0 saturated carbocycles. The molecule has 0 bridgehead atoms. The summed E-state index contributed by atoms with van der Waals surface area (Å²) in [4.78, 5) is 36.4. The lowest BCUT2D eigenvalue weighted by Gasteiger charge is -2.29. The third-order valence-electron chi connectivity index (χ3n) is 5.44. The number of anilines is 2. The van der Waals surface area contributed by atoms with Gasteiger partial charge in [-0.15, -0.1) is 0 Å². The van der Waals surface area contributed by atoms with E-state index in [0.717, 1.165) is 4.90 Å². The van der Waals surface area contributed by atoms with Crippen molar-refractivity contribution >= 4 is 29.2 Å².